The Labute approximate surface area is 116 Å². The van der Waals surface area contributed by atoms with Crippen molar-refractivity contribution in [2.45, 2.75) is 24.8 Å². The Bertz CT molecular complexity index is 648. The molecule has 2 N–H and O–H groups in total. The molecular formula is C11H16N4O4S. The van der Waals surface area contributed by atoms with Crippen LogP contribution in [0, 0.1) is 6.92 Å². The number of nitrogens with one attached hydrogen (secondary N) is 2. The zero-order chi connectivity index (χ0) is 14.6. The fourth-order valence-electron chi connectivity index (χ4n) is 1.73. The zero-order valence-electron chi connectivity index (χ0n) is 11.2. The van der Waals surface area contributed by atoms with E-state index in [2.05, 4.69) is 20.2 Å². The number of rotatable bonds is 7. The molecule has 20 heavy (non-hydrogen) atoms. The van der Waals surface area contributed by atoms with Crippen LogP contribution in [0.15, 0.2) is 26.2 Å². The van der Waals surface area contributed by atoms with E-state index >= 15 is 0 Å². The first kappa shape index (κ1) is 14.7. The molecular weight excluding hydrogens is 284 g/mol. The fraction of sp³-hybridized carbons (Fsp3) is 0.455. The summed E-state index contributed by atoms with van der Waals surface area (Å²) in [5, 5.41) is 6.35. The van der Waals surface area contributed by atoms with Crippen LogP contribution in [0.4, 0.5) is 0 Å². The van der Waals surface area contributed by atoms with Crippen LogP contribution in [0.2, 0.25) is 0 Å². The molecule has 2 aromatic rings. The molecule has 0 unspecified atom stereocenters. The Hall–Kier alpha value is -1.71. The third-order valence-electron chi connectivity index (χ3n) is 2.60. The van der Waals surface area contributed by atoms with Crippen LogP contribution >= 0.6 is 0 Å². The molecule has 0 aliphatic carbocycles. The second-order valence-corrected chi connectivity index (χ2v) is 5.88. The van der Waals surface area contributed by atoms with Gasteiger partial charge in [0.05, 0.1) is 6.54 Å². The molecule has 0 aliphatic heterocycles. The summed E-state index contributed by atoms with van der Waals surface area (Å²) in [5.41, 5.74) is 0. The number of aryl methyl sites for hydroxylation is 1. The van der Waals surface area contributed by atoms with Gasteiger partial charge in [0.15, 0.2) is 6.33 Å². The van der Waals surface area contributed by atoms with Gasteiger partial charge in [-0.3, -0.25) is 0 Å². The maximum Gasteiger partial charge on any atom is 0.244 e. The standard InChI is InChI=1S/C11H16N4O4S/c1-8-10(5-9(18-8)6-12-2)20(16,17)15-4-3-11-13-7-14-19-11/h5,7,12,15H,3-4,6H2,1-2H3. The Morgan fingerprint density at radius 3 is 2.85 bits per heavy atom. The quantitative estimate of drug-likeness (QED) is 0.752. The average molecular weight is 300 g/mol. The van der Waals surface area contributed by atoms with Crippen molar-refractivity contribution in [3.05, 3.63) is 29.8 Å². The lowest BCUT2D eigenvalue weighted by Gasteiger charge is -2.03. The average Bonchev–Trinajstić information content (AvgIpc) is 2.99. The molecule has 0 saturated carbocycles. The van der Waals surface area contributed by atoms with Crippen LogP contribution in [0.25, 0.3) is 0 Å². The van der Waals surface area contributed by atoms with E-state index < -0.39 is 10.0 Å². The van der Waals surface area contributed by atoms with Gasteiger partial charge in [0.25, 0.3) is 0 Å². The molecule has 0 radical (unpaired) electrons. The van der Waals surface area contributed by atoms with E-state index in [0.29, 0.717) is 30.4 Å². The number of aromatic nitrogens is 2. The van der Waals surface area contributed by atoms with E-state index in [1.165, 1.54) is 12.4 Å². The molecule has 8 nitrogen and oxygen atoms in total. The molecule has 0 fully saturated rings. The van der Waals surface area contributed by atoms with Crippen LogP contribution in [-0.4, -0.2) is 32.2 Å². The predicted molar refractivity (Wildman–Crippen MR) is 69.4 cm³/mol. The molecule has 0 amide bonds. The maximum atomic E-state index is 12.1. The highest BCUT2D eigenvalue weighted by Gasteiger charge is 2.21. The summed E-state index contributed by atoms with van der Waals surface area (Å²) in [7, 11) is -1.84. The summed E-state index contributed by atoms with van der Waals surface area (Å²) in [5.74, 6) is 1.32. The van der Waals surface area contributed by atoms with Crippen molar-refractivity contribution in [1.82, 2.24) is 20.2 Å². The molecule has 0 spiro atoms. The monoisotopic (exact) mass is 300 g/mol. The van der Waals surface area contributed by atoms with Gasteiger partial charge in [0, 0.05) is 19.0 Å². The first-order chi connectivity index (χ1) is 9.53. The highest BCUT2D eigenvalue weighted by atomic mass is 32.2. The minimum atomic E-state index is -3.60. The number of nitrogens with zero attached hydrogens (tertiary/aromatic N) is 2. The van der Waals surface area contributed by atoms with Crippen molar-refractivity contribution in [2.24, 2.45) is 0 Å². The van der Waals surface area contributed by atoms with Gasteiger partial charge in [-0.25, -0.2) is 13.1 Å². The fourth-order valence-corrected chi connectivity index (χ4v) is 2.96. The third-order valence-corrected chi connectivity index (χ3v) is 4.17. The van der Waals surface area contributed by atoms with E-state index in [4.69, 9.17) is 8.94 Å². The number of sulfonamides is 1. The number of hydrogen-bond donors (Lipinski definition) is 2. The van der Waals surface area contributed by atoms with E-state index in [0.717, 1.165) is 0 Å². The zero-order valence-corrected chi connectivity index (χ0v) is 12.0. The molecule has 2 rings (SSSR count). The molecule has 0 aliphatic rings. The van der Waals surface area contributed by atoms with E-state index in [9.17, 15) is 8.42 Å². The Morgan fingerprint density at radius 1 is 1.40 bits per heavy atom. The lowest BCUT2D eigenvalue weighted by molar-refractivity contribution is 0.377. The minimum absolute atomic E-state index is 0.147. The highest BCUT2D eigenvalue weighted by Crippen LogP contribution is 2.19. The van der Waals surface area contributed by atoms with E-state index in [-0.39, 0.29) is 11.4 Å². The first-order valence-electron chi connectivity index (χ1n) is 6.02. The summed E-state index contributed by atoms with van der Waals surface area (Å²) in [6.45, 7) is 2.26. The summed E-state index contributed by atoms with van der Waals surface area (Å²) in [6.07, 6.45) is 1.60. The van der Waals surface area contributed by atoms with Gasteiger partial charge >= 0.3 is 0 Å². The van der Waals surface area contributed by atoms with Crippen LogP contribution in [0.1, 0.15) is 17.4 Å². The summed E-state index contributed by atoms with van der Waals surface area (Å²) < 4.78 is 36.9. The lowest BCUT2D eigenvalue weighted by atomic mass is 10.4. The second kappa shape index (κ2) is 6.16. The van der Waals surface area contributed by atoms with Gasteiger partial charge in [0.2, 0.25) is 15.9 Å². The SMILES string of the molecule is CNCc1cc(S(=O)(=O)NCCc2ncno2)c(C)o1. The lowest BCUT2D eigenvalue weighted by Crippen LogP contribution is -2.26. The van der Waals surface area contributed by atoms with Gasteiger partial charge in [0.1, 0.15) is 16.4 Å². The maximum absolute atomic E-state index is 12.1. The second-order valence-electron chi connectivity index (χ2n) is 4.15. The number of furan rings is 1. The molecule has 2 aromatic heterocycles. The third kappa shape index (κ3) is 3.44. The topological polar surface area (TPSA) is 110 Å². The Kier molecular flexibility index (Phi) is 4.53. The van der Waals surface area contributed by atoms with E-state index in [1.54, 1.807) is 14.0 Å². The van der Waals surface area contributed by atoms with Crippen molar-refractivity contribution >= 4 is 10.0 Å². The van der Waals surface area contributed by atoms with Crippen molar-refractivity contribution in [3.63, 3.8) is 0 Å². The molecule has 110 valence electrons. The molecule has 0 bridgehead atoms. The van der Waals surface area contributed by atoms with Crippen LogP contribution in [-0.2, 0) is 23.0 Å². The predicted octanol–water partition coefficient (Wildman–Crippen LogP) is 0.211. The summed E-state index contributed by atoms with van der Waals surface area (Å²) >= 11 is 0. The Morgan fingerprint density at radius 2 is 2.20 bits per heavy atom. The van der Waals surface area contributed by atoms with Crippen molar-refractivity contribution < 1.29 is 17.4 Å². The summed E-state index contributed by atoms with van der Waals surface area (Å²) in [6, 6.07) is 1.51. The molecule has 0 saturated heterocycles. The van der Waals surface area contributed by atoms with Gasteiger partial charge < -0.3 is 14.3 Å². The van der Waals surface area contributed by atoms with Gasteiger partial charge in [-0.15, -0.1) is 0 Å². The Balaban J connectivity index is 2.02. The van der Waals surface area contributed by atoms with Gasteiger partial charge in [-0.2, -0.15) is 4.98 Å². The van der Waals surface area contributed by atoms with E-state index in [1.807, 2.05) is 0 Å². The van der Waals surface area contributed by atoms with Gasteiger partial charge in [-0.1, -0.05) is 5.16 Å². The van der Waals surface area contributed by atoms with Crippen molar-refractivity contribution in [3.8, 4) is 0 Å². The molecule has 0 aromatic carbocycles. The highest BCUT2D eigenvalue weighted by molar-refractivity contribution is 7.89. The summed E-state index contributed by atoms with van der Waals surface area (Å²) in [4.78, 5) is 3.96. The normalized spacial score (nSPS) is 11.9. The van der Waals surface area contributed by atoms with Crippen LogP contribution in [0.3, 0.4) is 0 Å². The van der Waals surface area contributed by atoms with Gasteiger partial charge in [-0.05, 0) is 14.0 Å². The number of hydrogen-bond acceptors (Lipinski definition) is 7. The molecule has 9 heteroatoms. The van der Waals surface area contributed by atoms with Crippen molar-refractivity contribution in [2.75, 3.05) is 13.6 Å². The first-order valence-corrected chi connectivity index (χ1v) is 7.50. The smallest absolute Gasteiger partial charge is 0.244 e. The minimum Gasteiger partial charge on any atom is -0.464 e. The van der Waals surface area contributed by atoms with Crippen LogP contribution < -0.4 is 10.0 Å². The molecule has 0 atom stereocenters. The molecule has 2 heterocycles. The largest absolute Gasteiger partial charge is 0.464 e. The van der Waals surface area contributed by atoms with Crippen molar-refractivity contribution in [1.29, 1.82) is 0 Å². The van der Waals surface area contributed by atoms with Crippen LogP contribution in [0.5, 0.6) is 0 Å².